The van der Waals surface area contributed by atoms with Gasteiger partial charge in [-0.15, -0.1) is 0 Å². The maximum Gasteiger partial charge on any atom is 0.159 e. The topological polar surface area (TPSA) is 35.5 Å². The van der Waals surface area contributed by atoms with Gasteiger partial charge in [0.1, 0.15) is 23.9 Å². The van der Waals surface area contributed by atoms with Crippen molar-refractivity contribution in [1.29, 1.82) is 0 Å². The van der Waals surface area contributed by atoms with Gasteiger partial charge in [-0.25, -0.2) is 4.39 Å². The number of halogens is 1. The second kappa shape index (κ2) is 6.39. The molecule has 0 aliphatic rings. The van der Waals surface area contributed by atoms with Crippen molar-refractivity contribution in [2.45, 2.75) is 20.5 Å². The Bertz CT molecular complexity index is 665. The van der Waals surface area contributed by atoms with Crippen molar-refractivity contribution in [2.24, 2.45) is 0 Å². The first-order chi connectivity index (χ1) is 10.0. The quantitative estimate of drug-likeness (QED) is 0.782. The summed E-state index contributed by atoms with van der Waals surface area (Å²) in [5, 5.41) is 0. The van der Waals surface area contributed by atoms with Crippen LogP contribution in [0.15, 0.2) is 36.4 Å². The first-order valence-electron chi connectivity index (χ1n) is 6.58. The van der Waals surface area contributed by atoms with E-state index in [0.29, 0.717) is 17.1 Å². The lowest BCUT2D eigenvalue weighted by Crippen LogP contribution is -2.02. The number of ketones is 1. The molecule has 0 saturated carbocycles. The Morgan fingerprint density at radius 1 is 1.14 bits per heavy atom. The van der Waals surface area contributed by atoms with E-state index >= 15 is 0 Å². The van der Waals surface area contributed by atoms with Crippen LogP contribution in [0.4, 0.5) is 4.39 Å². The lowest BCUT2D eigenvalue weighted by atomic mass is 10.1. The Morgan fingerprint density at radius 2 is 1.90 bits per heavy atom. The third-order valence-electron chi connectivity index (χ3n) is 3.22. The fraction of sp³-hybridized carbons (Fsp3) is 0.235. The van der Waals surface area contributed by atoms with E-state index in [1.165, 1.54) is 19.1 Å². The lowest BCUT2D eigenvalue weighted by molar-refractivity contribution is 0.101. The third-order valence-corrected chi connectivity index (χ3v) is 3.22. The van der Waals surface area contributed by atoms with E-state index in [4.69, 9.17) is 9.47 Å². The predicted octanol–water partition coefficient (Wildman–Crippen LogP) is 3.92. The van der Waals surface area contributed by atoms with Crippen LogP contribution in [-0.4, -0.2) is 12.9 Å². The van der Waals surface area contributed by atoms with Gasteiger partial charge in [0.25, 0.3) is 0 Å². The molecule has 0 spiro atoms. The first-order valence-corrected chi connectivity index (χ1v) is 6.58. The number of ether oxygens (including phenoxy) is 2. The van der Waals surface area contributed by atoms with Gasteiger partial charge in [-0.05, 0) is 43.7 Å². The molecule has 2 rings (SSSR count). The van der Waals surface area contributed by atoms with Crippen LogP contribution >= 0.6 is 0 Å². The van der Waals surface area contributed by atoms with Crippen LogP contribution < -0.4 is 9.47 Å². The van der Waals surface area contributed by atoms with Crippen LogP contribution in [0.3, 0.4) is 0 Å². The number of hydrogen-bond donors (Lipinski definition) is 0. The zero-order valence-electron chi connectivity index (χ0n) is 12.3. The van der Waals surface area contributed by atoms with E-state index < -0.39 is 0 Å². The van der Waals surface area contributed by atoms with Crippen molar-refractivity contribution in [2.75, 3.05) is 7.11 Å². The Morgan fingerprint density at radius 3 is 2.57 bits per heavy atom. The molecule has 3 nitrogen and oxygen atoms in total. The predicted molar refractivity (Wildman–Crippen MR) is 78.5 cm³/mol. The van der Waals surface area contributed by atoms with E-state index in [1.807, 2.05) is 6.92 Å². The van der Waals surface area contributed by atoms with Crippen LogP contribution in [-0.2, 0) is 6.61 Å². The van der Waals surface area contributed by atoms with E-state index in [9.17, 15) is 9.18 Å². The number of carbonyl (C=O) groups is 1. The van der Waals surface area contributed by atoms with Crippen molar-refractivity contribution >= 4 is 5.78 Å². The molecule has 21 heavy (non-hydrogen) atoms. The van der Waals surface area contributed by atoms with E-state index in [0.717, 1.165) is 11.1 Å². The Labute approximate surface area is 123 Å². The highest BCUT2D eigenvalue weighted by molar-refractivity contribution is 5.94. The van der Waals surface area contributed by atoms with Gasteiger partial charge >= 0.3 is 0 Å². The van der Waals surface area contributed by atoms with Crippen LogP contribution in [0.2, 0.25) is 0 Å². The highest BCUT2D eigenvalue weighted by atomic mass is 19.1. The minimum atomic E-state index is -0.347. The SMILES string of the molecule is COc1ccc(C(C)=O)cc1COc1cc(F)ccc1C. The fourth-order valence-electron chi connectivity index (χ4n) is 2.00. The molecule has 0 amide bonds. The smallest absolute Gasteiger partial charge is 0.159 e. The molecule has 4 heteroatoms. The van der Waals surface area contributed by atoms with Crippen LogP contribution in [0, 0.1) is 12.7 Å². The average molecular weight is 288 g/mol. The van der Waals surface area contributed by atoms with Crippen LogP contribution in [0.25, 0.3) is 0 Å². The second-order valence-corrected chi connectivity index (χ2v) is 4.78. The number of benzene rings is 2. The normalized spacial score (nSPS) is 10.3. The van der Waals surface area contributed by atoms with E-state index in [2.05, 4.69) is 0 Å². The lowest BCUT2D eigenvalue weighted by Gasteiger charge is -2.13. The molecule has 0 unspecified atom stereocenters. The Hall–Kier alpha value is -2.36. The van der Waals surface area contributed by atoms with Crippen molar-refractivity contribution in [3.63, 3.8) is 0 Å². The van der Waals surface area contributed by atoms with Gasteiger partial charge in [0, 0.05) is 17.2 Å². The van der Waals surface area contributed by atoms with Crippen molar-refractivity contribution in [3.8, 4) is 11.5 Å². The summed E-state index contributed by atoms with van der Waals surface area (Å²) in [6.07, 6.45) is 0. The van der Waals surface area contributed by atoms with Crippen LogP contribution in [0.5, 0.6) is 11.5 Å². The first kappa shape index (κ1) is 15.0. The molecule has 2 aromatic rings. The van der Waals surface area contributed by atoms with Gasteiger partial charge in [0.05, 0.1) is 7.11 Å². The van der Waals surface area contributed by atoms with Gasteiger partial charge in [0.15, 0.2) is 5.78 Å². The van der Waals surface area contributed by atoms with E-state index in [-0.39, 0.29) is 18.2 Å². The van der Waals surface area contributed by atoms with Gasteiger partial charge in [-0.3, -0.25) is 4.79 Å². The summed E-state index contributed by atoms with van der Waals surface area (Å²) in [6, 6.07) is 9.56. The molecule has 0 radical (unpaired) electrons. The monoisotopic (exact) mass is 288 g/mol. The fourth-order valence-corrected chi connectivity index (χ4v) is 2.00. The van der Waals surface area contributed by atoms with Gasteiger partial charge < -0.3 is 9.47 Å². The van der Waals surface area contributed by atoms with Crippen molar-refractivity contribution in [1.82, 2.24) is 0 Å². The van der Waals surface area contributed by atoms with Gasteiger partial charge in [0.2, 0.25) is 0 Å². The zero-order valence-corrected chi connectivity index (χ0v) is 12.3. The summed E-state index contributed by atoms with van der Waals surface area (Å²) in [7, 11) is 1.56. The minimum Gasteiger partial charge on any atom is -0.496 e. The summed E-state index contributed by atoms with van der Waals surface area (Å²) in [4.78, 5) is 11.4. The zero-order chi connectivity index (χ0) is 15.4. The van der Waals surface area contributed by atoms with Gasteiger partial charge in [-0.2, -0.15) is 0 Å². The summed E-state index contributed by atoms with van der Waals surface area (Å²) in [5.41, 5.74) is 2.18. The number of Topliss-reactive ketones (excluding diaryl/α,β-unsaturated/α-hetero) is 1. The molecule has 0 saturated heterocycles. The molecular formula is C17H17FO3. The average Bonchev–Trinajstić information content (AvgIpc) is 2.47. The molecule has 0 fully saturated rings. The van der Waals surface area contributed by atoms with Crippen molar-refractivity contribution < 1.29 is 18.7 Å². The molecule has 0 N–H and O–H groups in total. The molecule has 0 aliphatic heterocycles. The molecule has 2 aromatic carbocycles. The van der Waals surface area contributed by atoms with Gasteiger partial charge in [-0.1, -0.05) is 6.07 Å². The Balaban J connectivity index is 2.24. The minimum absolute atomic E-state index is 0.0270. The number of methoxy groups -OCH3 is 1. The molecule has 0 heterocycles. The molecule has 0 aromatic heterocycles. The molecule has 0 bridgehead atoms. The summed E-state index contributed by atoms with van der Waals surface area (Å²) in [5.74, 6) is 0.736. The molecule has 0 atom stereocenters. The maximum atomic E-state index is 13.2. The maximum absolute atomic E-state index is 13.2. The van der Waals surface area contributed by atoms with E-state index in [1.54, 1.807) is 31.4 Å². The molecular weight excluding hydrogens is 271 g/mol. The largest absolute Gasteiger partial charge is 0.496 e. The highest BCUT2D eigenvalue weighted by Crippen LogP contribution is 2.24. The standard InChI is InChI=1S/C17H17FO3/c1-11-4-6-15(18)9-17(11)21-10-14-8-13(12(2)19)5-7-16(14)20-3/h4-9H,10H2,1-3H3. The third kappa shape index (κ3) is 3.60. The summed E-state index contributed by atoms with van der Waals surface area (Å²) >= 11 is 0. The number of aryl methyl sites for hydroxylation is 1. The summed E-state index contributed by atoms with van der Waals surface area (Å²) < 4.78 is 24.1. The number of carbonyl (C=O) groups excluding carboxylic acids is 1. The number of rotatable bonds is 5. The second-order valence-electron chi connectivity index (χ2n) is 4.78. The molecule has 110 valence electrons. The Kier molecular flexibility index (Phi) is 4.58. The summed E-state index contributed by atoms with van der Waals surface area (Å²) in [6.45, 7) is 3.55. The van der Waals surface area contributed by atoms with Crippen molar-refractivity contribution in [3.05, 3.63) is 58.9 Å². The number of hydrogen-bond acceptors (Lipinski definition) is 3. The highest BCUT2D eigenvalue weighted by Gasteiger charge is 2.09. The van der Waals surface area contributed by atoms with Crippen LogP contribution in [0.1, 0.15) is 28.4 Å². The molecule has 0 aliphatic carbocycles.